The summed E-state index contributed by atoms with van der Waals surface area (Å²) in [5.74, 6) is -0.188. The zero-order chi connectivity index (χ0) is 16.8. The number of aromatic nitrogens is 1. The van der Waals surface area contributed by atoms with E-state index in [2.05, 4.69) is 20.8 Å². The van der Waals surface area contributed by atoms with Gasteiger partial charge < -0.3 is 10.3 Å². The average molecular weight is 336 g/mol. The van der Waals surface area contributed by atoms with Crippen LogP contribution in [-0.4, -0.2) is 22.2 Å². The zero-order valence-electron chi connectivity index (χ0n) is 12.8. The monoisotopic (exact) mass is 336 g/mol. The molecule has 0 aliphatic rings. The van der Waals surface area contributed by atoms with Crippen LogP contribution in [-0.2, 0) is 11.2 Å². The van der Waals surface area contributed by atoms with E-state index in [9.17, 15) is 4.79 Å². The summed E-state index contributed by atoms with van der Waals surface area (Å²) in [5.41, 5.74) is 5.52. The molecule has 0 atom stereocenters. The number of H-pyrrole nitrogens is 1. The number of aromatic amines is 1. The lowest BCUT2D eigenvalue weighted by Gasteiger charge is -2.05. The predicted octanol–water partition coefficient (Wildman–Crippen LogP) is 2.74. The fourth-order valence-corrected chi connectivity index (χ4v) is 2.52. The summed E-state index contributed by atoms with van der Waals surface area (Å²) < 4.78 is 0. The molecule has 1 aromatic heterocycles. The lowest BCUT2D eigenvalue weighted by atomic mass is 10.1. The molecule has 1 heterocycles. The first kappa shape index (κ1) is 15.9. The summed E-state index contributed by atoms with van der Waals surface area (Å²) in [6.07, 6.45) is 3.72. The van der Waals surface area contributed by atoms with Gasteiger partial charge in [-0.15, -0.1) is 0 Å². The standard InChI is InChI=1S/C18H16N4OS/c23-17(10-14-12-19-16-9-5-4-8-15(14)16)21-18(24)22-20-11-13-6-2-1-3-7-13/h1-9,11-12,19H,10H2,(H2,21,22,23,24)/b20-11+. The largest absolute Gasteiger partial charge is 0.361 e. The maximum atomic E-state index is 12.1. The summed E-state index contributed by atoms with van der Waals surface area (Å²) >= 11 is 5.07. The average Bonchev–Trinajstić information content (AvgIpc) is 2.99. The summed E-state index contributed by atoms with van der Waals surface area (Å²) in [5, 5.41) is 7.84. The normalized spacial score (nSPS) is 10.8. The molecule has 24 heavy (non-hydrogen) atoms. The highest BCUT2D eigenvalue weighted by Gasteiger charge is 2.09. The van der Waals surface area contributed by atoms with Crippen LogP contribution in [0.15, 0.2) is 65.9 Å². The molecule has 0 spiro atoms. The summed E-state index contributed by atoms with van der Waals surface area (Å²) in [6, 6.07) is 17.5. The van der Waals surface area contributed by atoms with Gasteiger partial charge in [-0.3, -0.25) is 10.2 Å². The number of rotatable bonds is 4. The summed E-state index contributed by atoms with van der Waals surface area (Å²) in [4.78, 5) is 15.2. The highest BCUT2D eigenvalue weighted by Crippen LogP contribution is 2.17. The number of thiocarbonyl (C=S) groups is 1. The van der Waals surface area contributed by atoms with Crippen molar-refractivity contribution in [2.45, 2.75) is 6.42 Å². The molecule has 2 aromatic carbocycles. The number of carbonyl (C=O) groups is 1. The van der Waals surface area contributed by atoms with Gasteiger partial charge in [0.2, 0.25) is 5.91 Å². The van der Waals surface area contributed by atoms with E-state index >= 15 is 0 Å². The van der Waals surface area contributed by atoms with Crippen molar-refractivity contribution in [3.05, 3.63) is 71.9 Å². The van der Waals surface area contributed by atoms with Gasteiger partial charge in [-0.1, -0.05) is 48.5 Å². The third-order valence-corrected chi connectivity index (χ3v) is 3.65. The van der Waals surface area contributed by atoms with E-state index in [-0.39, 0.29) is 17.4 Å². The minimum atomic E-state index is -0.188. The van der Waals surface area contributed by atoms with Crippen LogP contribution in [0.3, 0.4) is 0 Å². The molecular formula is C18H16N4OS. The number of nitrogens with zero attached hydrogens (tertiary/aromatic N) is 1. The van der Waals surface area contributed by atoms with Crippen molar-refractivity contribution < 1.29 is 4.79 Å². The topological polar surface area (TPSA) is 69.3 Å². The second-order valence-corrected chi connectivity index (χ2v) is 5.60. The van der Waals surface area contributed by atoms with Crippen LogP contribution in [0, 0.1) is 0 Å². The van der Waals surface area contributed by atoms with Crippen molar-refractivity contribution in [3.63, 3.8) is 0 Å². The lowest BCUT2D eigenvalue weighted by molar-refractivity contribution is -0.119. The van der Waals surface area contributed by atoms with Crippen molar-refractivity contribution in [1.82, 2.24) is 15.7 Å². The SMILES string of the molecule is O=C(Cc1c[nH]c2ccccc12)NC(=S)N/N=C/c1ccccc1. The summed E-state index contributed by atoms with van der Waals surface area (Å²) in [7, 11) is 0. The quantitative estimate of drug-likeness (QED) is 0.390. The third kappa shape index (κ3) is 4.05. The van der Waals surface area contributed by atoms with Gasteiger partial charge in [0.25, 0.3) is 0 Å². The molecule has 0 aliphatic heterocycles. The second-order valence-electron chi connectivity index (χ2n) is 5.19. The Morgan fingerprint density at radius 3 is 2.71 bits per heavy atom. The van der Waals surface area contributed by atoms with E-state index in [4.69, 9.17) is 12.2 Å². The van der Waals surface area contributed by atoms with Gasteiger partial charge in [-0.2, -0.15) is 5.10 Å². The Morgan fingerprint density at radius 1 is 1.12 bits per heavy atom. The highest BCUT2D eigenvalue weighted by atomic mass is 32.1. The first-order valence-electron chi connectivity index (χ1n) is 7.45. The zero-order valence-corrected chi connectivity index (χ0v) is 13.6. The van der Waals surface area contributed by atoms with Crippen molar-refractivity contribution in [1.29, 1.82) is 0 Å². The van der Waals surface area contributed by atoms with Gasteiger partial charge in [-0.05, 0) is 29.4 Å². The van der Waals surface area contributed by atoms with Gasteiger partial charge in [0, 0.05) is 17.1 Å². The van der Waals surface area contributed by atoms with E-state index in [1.807, 2.05) is 60.8 Å². The fraction of sp³-hybridized carbons (Fsp3) is 0.0556. The number of benzene rings is 2. The molecule has 0 bridgehead atoms. The maximum absolute atomic E-state index is 12.1. The Labute approximate surface area is 144 Å². The maximum Gasteiger partial charge on any atom is 0.230 e. The van der Waals surface area contributed by atoms with E-state index in [1.54, 1.807) is 6.21 Å². The molecule has 3 rings (SSSR count). The van der Waals surface area contributed by atoms with Gasteiger partial charge in [0.1, 0.15) is 0 Å². The smallest absolute Gasteiger partial charge is 0.230 e. The highest BCUT2D eigenvalue weighted by molar-refractivity contribution is 7.80. The van der Waals surface area contributed by atoms with Crippen molar-refractivity contribution in [3.8, 4) is 0 Å². The molecule has 0 radical (unpaired) electrons. The van der Waals surface area contributed by atoms with Gasteiger partial charge >= 0.3 is 0 Å². The van der Waals surface area contributed by atoms with Gasteiger partial charge in [0.05, 0.1) is 12.6 Å². The number of para-hydroxylation sites is 1. The first-order valence-corrected chi connectivity index (χ1v) is 7.86. The Kier molecular flexibility index (Phi) is 4.98. The molecule has 0 saturated heterocycles. The van der Waals surface area contributed by atoms with Crippen LogP contribution in [0.2, 0.25) is 0 Å². The predicted molar refractivity (Wildman–Crippen MR) is 99.9 cm³/mol. The number of hydrogen-bond acceptors (Lipinski definition) is 3. The van der Waals surface area contributed by atoms with Crippen molar-refractivity contribution >= 4 is 40.4 Å². The molecule has 6 heteroatoms. The third-order valence-electron chi connectivity index (χ3n) is 3.46. The number of fused-ring (bicyclic) bond motifs is 1. The Bertz CT molecular complexity index is 886. The van der Waals surface area contributed by atoms with Crippen LogP contribution >= 0.6 is 12.2 Å². The molecule has 0 saturated carbocycles. The van der Waals surface area contributed by atoms with E-state index in [0.717, 1.165) is 22.0 Å². The molecule has 0 unspecified atom stereocenters. The van der Waals surface area contributed by atoms with Crippen LogP contribution < -0.4 is 10.7 Å². The van der Waals surface area contributed by atoms with E-state index in [0.29, 0.717) is 0 Å². The molecule has 3 N–H and O–H groups in total. The first-order chi connectivity index (χ1) is 11.7. The number of carbonyl (C=O) groups excluding carboxylic acids is 1. The minimum absolute atomic E-state index is 0.173. The Morgan fingerprint density at radius 2 is 1.88 bits per heavy atom. The molecule has 0 fully saturated rings. The van der Waals surface area contributed by atoms with Crippen molar-refractivity contribution in [2.24, 2.45) is 5.10 Å². The van der Waals surface area contributed by atoms with E-state index in [1.165, 1.54) is 0 Å². The molecule has 5 nitrogen and oxygen atoms in total. The Hall–Kier alpha value is -2.99. The minimum Gasteiger partial charge on any atom is -0.361 e. The van der Waals surface area contributed by atoms with E-state index < -0.39 is 0 Å². The van der Waals surface area contributed by atoms with Crippen LogP contribution in [0.5, 0.6) is 0 Å². The number of hydrazone groups is 1. The van der Waals surface area contributed by atoms with Crippen LogP contribution in [0.1, 0.15) is 11.1 Å². The molecule has 120 valence electrons. The van der Waals surface area contributed by atoms with Gasteiger partial charge in [-0.25, -0.2) is 0 Å². The summed E-state index contributed by atoms with van der Waals surface area (Å²) in [6.45, 7) is 0. The number of hydrogen-bond donors (Lipinski definition) is 3. The second kappa shape index (κ2) is 7.52. The Balaban J connectivity index is 1.53. The number of nitrogens with one attached hydrogen (secondary N) is 3. The number of amides is 1. The van der Waals surface area contributed by atoms with Crippen LogP contribution in [0.4, 0.5) is 0 Å². The fourth-order valence-electron chi connectivity index (χ4n) is 2.35. The van der Waals surface area contributed by atoms with Crippen molar-refractivity contribution in [2.75, 3.05) is 0 Å². The van der Waals surface area contributed by atoms with Gasteiger partial charge in [0.15, 0.2) is 5.11 Å². The lowest BCUT2D eigenvalue weighted by Crippen LogP contribution is -2.37. The molecular weight excluding hydrogens is 320 g/mol. The molecule has 0 aliphatic carbocycles. The molecule has 1 amide bonds. The van der Waals surface area contributed by atoms with Crippen LogP contribution in [0.25, 0.3) is 10.9 Å². The molecule has 3 aromatic rings.